The van der Waals surface area contributed by atoms with Crippen molar-refractivity contribution in [1.29, 1.82) is 0 Å². The van der Waals surface area contributed by atoms with Crippen molar-refractivity contribution in [3.05, 3.63) is 28.2 Å². The van der Waals surface area contributed by atoms with Gasteiger partial charge in [-0.3, -0.25) is 4.79 Å². The van der Waals surface area contributed by atoms with Gasteiger partial charge in [0.05, 0.1) is 20.6 Å². The lowest BCUT2D eigenvalue weighted by Gasteiger charge is -2.09. The fourth-order valence-electron chi connectivity index (χ4n) is 1.58. The Balaban J connectivity index is 2.34. The normalized spacial score (nSPS) is 10.2. The van der Waals surface area contributed by atoms with Gasteiger partial charge < -0.3 is 14.8 Å². The first-order valence-electron chi connectivity index (χ1n) is 5.77. The number of rotatable bonds is 7. The SMILES string of the molecule is COC(=O)CCNCCc1cc(Br)ccc1OC. The van der Waals surface area contributed by atoms with Gasteiger partial charge >= 0.3 is 5.97 Å². The first-order chi connectivity index (χ1) is 8.67. The lowest BCUT2D eigenvalue weighted by Crippen LogP contribution is -2.21. The fraction of sp³-hybridized carbons (Fsp3) is 0.462. The number of hydrogen-bond donors (Lipinski definition) is 1. The smallest absolute Gasteiger partial charge is 0.306 e. The van der Waals surface area contributed by atoms with Gasteiger partial charge in [0.15, 0.2) is 0 Å². The molecule has 0 saturated carbocycles. The van der Waals surface area contributed by atoms with Crippen LogP contribution in [0.1, 0.15) is 12.0 Å². The molecule has 0 fully saturated rings. The molecule has 4 nitrogen and oxygen atoms in total. The molecule has 0 radical (unpaired) electrons. The van der Waals surface area contributed by atoms with E-state index < -0.39 is 0 Å². The second-order valence-corrected chi connectivity index (χ2v) is 4.70. The maximum atomic E-state index is 10.9. The van der Waals surface area contributed by atoms with E-state index in [2.05, 4.69) is 26.0 Å². The first kappa shape index (κ1) is 15.0. The predicted octanol–water partition coefficient (Wildman–Crippen LogP) is 2.15. The van der Waals surface area contributed by atoms with E-state index in [9.17, 15) is 4.79 Å². The van der Waals surface area contributed by atoms with Gasteiger partial charge in [0.2, 0.25) is 0 Å². The zero-order valence-electron chi connectivity index (χ0n) is 10.7. The van der Waals surface area contributed by atoms with E-state index in [1.165, 1.54) is 7.11 Å². The van der Waals surface area contributed by atoms with Crippen LogP contribution in [0.2, 0.25) is 0 Å². The Morgan fingerprint density at radius 3 is 2.78 bits per heavy atom. The number of nitrogens with one attached hydrogen (secondary N) is 1. The number of halogens is 1. The summed E-state index contributed by atoms with van der Waals surface area (Å²) < 4.78 is 10.9. The number of esters is 1. The van der Waals surface area contributed by atoms with E-state index in [1.54, 1.807) is 7.11 Å². The van der Waals surface area contributed by atoms with Crippen molar-refractivity contribution >= 4 is 21.9 Å². The third kappa shape index (κ3) is 5.06. The van der Waals surface area contributed by atoms with Gasteiger partial charge in [-0.2, -0.15) is 0 Å². The van der Waals surface area contributed by atoms with Crippen molar-refractivity contribution < 1.29 is 14.3 Å². The number of carbonyl (C=O) groups is 1. The Morgan fingerprint density at radius 2 is 2.11 bits per heavy atom. The van der Waals surface area contributed by atoms with Crippen LogP contribution < -0.4 is 10.1 Å². The Morgan fingerprint density at radius 1 is 1.33 bits per heavy atom. The minimum Gasteiger partial charge on any atom is -0.496 e. The van der Waals surface area contributed by atoms with Gasteiger partial charge in [-0.15, -0.1) is 0 Å². The molecule has 1 N–H and O–H groups in total. The fourth-order valence-corrected chi connectivity index (χ4v) is 1.99. The summed E-state index contributed by atoms with van der Waals surface area (Å²) in [6.07, 6.45) is 1.25. The van der Waals surface area contributed by atoms with Gasteiger partial charge in [0.25, 0.3) is 0 Å². The molecule has 18 heavy (non-hydrogen) atoms. The summed E-state index contributed by atoms with van der Waals surface area (Å²) in [6, 6.07) is 5.93. The van der Waals surface area contributed by atoms with Gasteiger partial charge in [0, 0.05) is 11.0 Å². The standard InChI is InChI=1S/C13H18BrNO3/c1-17-12-4-3-11(14)9-10(12)5-7-15-8-6-13(16)18-2/h3-4,9,15H,5-8H2,1-2H3. The molecule has 0 unspecified atom stereocenters. The maximum absolute atomic E-state index is 10.9. The molecule has 0 aromatic heterocycles. The van der Waals surface area contributed by atoms with Crippen LogP contribution in [0.3, 0.4) is 0 Å². The van der Waals surface area contributed by atoms with E-state index >= 15 is 0 Å². The monoisotopic (exact) mass is 315 g/mol. The Kier molecular flexibility index (Phi) is 6.75. The van der Waals surface area contributed by atoms with Crippen LogP contribution in [0.25, 0.3) is 0 Å². The molecule has 1 rings (SSSR count). The van der Waals surface area contributed by atoms with Gasteiger partial charge in [-0.25, -0.2) is 0 Å². The summed E-state index contributed by atoms with van der Waals surface area (Å²) in [4.78, 5) is 10.9. The number of carbonyl (C=O) groups excluding carboxylic acids is 1. The minimum atomic E-state index is -0.192. The van der Waals surface area contributed by atoms with Gasteiger partial charge in [-0.1, -0.05) is 15.9 Å². The molecule has 0 saturated heterocycles. The topological polar surface area (TPSA) is 47.6 Å². The lowest BCUT2D eigenvalue weighted by atomic mass is 10.1. The number of hydrogen-bond acceptors (Lipinski definition) is 4. The summed E-state index contributed by atoms with van der Waals surface area (Å²) in [6.45, 7) is 1.42. The summed E-state index contributed by atoms with van der Waals surface area (Å²) in [5, 5.41) is 3.20. The lowest BCUT2D eigenvalue weighted by molar-refractivity contribution is -0.140. The molecule has 0 bridgehead atoms. The van der Waals surface area contributed by atoms with Crippen LogP contribution >= 0.6 is 15.9 Å². The summed E-state index contributed by atoms with van der Waals surface area (Å²) >= 11 is 3.44. The molecule has 0 amide bonds. The van der Waals surface area contributed by atoms with Gasteiger partial charge in [0.1, 0.15) is 5.75 Å². The van der Waals surface area contributed by atoms with Crippen LogP contribution in [-0.2, 0) is 16.0 Å². The molecule has 0 aliphatic rings. The molecule has 1 aromatic carbocycles. The average Bonchev–Trinajstić information content (AvgIpc) is 2.38. The third-order valence-corrected chi connectivity index (χ3v) is 3.04. The minimum absolute atomic E-state index is 0.192. The molecule has 1 aromatic rings. The molecule has 0 aliphatic carbocycles. The predicted molar refractivity (Wildman–Crippen MR) is 73.9 cm³/mol. The van der Waals surface area contributed by atoms with E-state index in [0.717, 1.165) is 28.8 Å². The molecule has 0 atom stereocenters. The van der Waals surface area contributed by atoms with Crippen molar-refractivity contribution in [3.63, 3.8) is 0 Å². The molecule has 0 heterocycles. The Hall–Kier alpha value is -1.07. The van der Waals surface area contributed by atoms with Crippen molar-refractivity contribution in [2.45, 2.75) is 12.8 Å². The second-order valence-electron chi connectivity index (χ2n) is 3.78. The van der Waals surface area contributed by atoms with Crippen LogP contribution in [0.15, 0.2) is 22.7 Å². The molecule has 0 aliphatic heterocycles. The van der Waals surface area contributed by atoms with E-state index in [-0.39, 0.29) is 5.97 Å². The molecular formula is C13H18BrNO3. The molecule has 5 heteroatoms. The van der Waals surface area contributed by atoms with Crippen LogP contribution in [-0.4, -0.2) is 33.3 Å². The second kappa shape index (κ2) is 8.11. The Labute approximate surface area is 116 Å². The van der Waals surface area contributed by atoms with Crippen molar-refractivity contribution in [3.8, 4) is 5.75 Å². The van der Waals surface area contributed by atoms with Crippen LogP contribution in [0.4, 0.5) is 0 Å². The summed E-state index contributed by atoms with van der Waals surface area (Å²) in [7, 11) is 3.06. The average molecular weight is 316 g/mol. The van der Waals surface area contributed by atoms with Crippen molar-refractivity contribution in [2.24, 2.45) is 0 Å². The largest absolute Gasteiger partial charge is 0.496 e. The zero-order valence-corrected chi connectivity index (χ0v) is 12.2. The van der Waals surface area contributed by atoms with E-state index in [0.29, 0.717) is 13.0 Å². The highest BCUT2D eigenvalue weighted by molar-refractivity contribution is 9.10. The Bertz CT molecular complexity index is 396. The quantitative estimate of drug-likeness (QED) is 0.618. The van der Waals surface area contributed by atoms with Crippen LogP contribution in [0, 0.1) is 0 Å². The molecule has 100 valence electrons. The maximum Gasteiger partial charge on any atom is 0.306 e. The highest BCUT2D eigenvalue weighted by Gasteiger charge is 2.04. The number of benzene rings is 1. The highest BCUT2D eigenvalue weighted by atomic mass is 79.9. The number of ether oxygens (including phenoxy) is 2. The molecular weight excluding hydrogens is 298 g/mol. The number of methoxy groups -OCH3 is 2. The molecule has 0 spiro atoms. The first-order valence-corrected chi connectivity index (χ1v) is 6.56. The third-order valence-electron chi connectivity index (χ3n) is 2.55. The van der Waals surface area contributed by atoms with Crippen molar-refractivity contribution in [2.75, 3.05) is 27.3 Å². The van der Waals surface area contributed by atoms with E-state index in [1.807, 2.05) is 18.2 Å². The van der Waals surface area contributed by atoms with E-state index in [4.69, 9.17) is 4.74 Å². The van der Waals surface area contributed by atoms with Gasteiger partial charge in [-0.05, 0) is 36.7 Å². The zero-order chi connectivity index (χ0) is 13.4. The summed E-state index contributed by atoms with van der Waals surface area (Å²) in [5.74, 6) is 0.690. The van der Waals surface area contributed by atoms with Crippen LogP contribution in [0.5, 0.6) is 5.75 Å². The van der Waals surface area contributed by atoms with Crippen molar-refractivity contribution in [1.82, 2.24) is 5.32 Å². The summed E-state index contributed by atoms with van der Waals surface area (Å²) in [5.41, 5.74) is 1.14. The highest BCUT2D eigenvalue weighted by Crippen LogP contribution is 2.22.